The van der Waals surface area contributed by atoms with E-state index in [2.05, 4.69) is 31.2 Å². The van der Waals surface area contributed by atoms with Gasteiger partial charge < -0.3 is 4.74 Å². The Hall–Kier alpha value is -3.86. The first kappa shape index (κ1) is 19.1. The summed E-state index contributed by atoms with van der Waals surface area (Å²) in [4.78, 5) is 15.6. The highest BCUT2D eigenvalue weighted by atomic mass is 16.5. The lowest BCUT2D eigenvalue weighted by Crippen LogP contribution is -2.30. The van der Waals surface area contributed by atoms with E-state index in [9.17, 15) is 4.79 Å². The monoisotopic (exact) mass is 409 g/mol. The van der Waals surface area contributed by atoms with Gasteiger partial charge in [0, 0.05) is 23.9 Å². The minimum atomic E-state index is -0.264. The maximum atomic E-state index is 13.7. The van der Waals surface area contributed by atoms with Crippen LogP contribution < -0.4 is 9.64 Å². The zero-order valence-electron chi connectivity index (χ0n) is 17.7. The topological polar surface area (TPSA) is 47.4 Å². The third-order valence-electron chi connectivity index (χ3n) is 5.83. The standard InChI is InChI=1S/C26H23N3O2/c1-17-9-11-19(12-10-17)24-22-23(18-7-5-4-6-8-18)27-28(2)25(22)26(30)29(24)20-13-15-21(31-3)16-14-20/h4-16,24H,1-3H3. The van der Waals surface area contributed by atoms with Crippen LogP contribution in [0.4, 0.5) is 5.69 Å². The molecule has 0 radical (unpaired) electrons. The smallest absolute Gasteiger partial charge is 0.277 e. The van der Waals surface area contributed by atoms with Gasteiger partial charge in [0.2, 0.25) is 0 Å². The molecule has 1 atom stereocenters. The summed E-state index contributed by atoms with van der Waals surface area (Å²) in [7, 11) is 3.48. The summed E-state index contributed by atoms with van der Waals surface area (Å²) < 4.78 is 7.02. The second kappa shape index (κ2) is 7.43. The van der Waals surface area contributed by atoms with Gasteiger partial charge in [0.15, 0.2) is 0 Å². The zero-order chi connectivity index (χ0) is 21.5. The number of hydrogen-bond donors (Lipinski definition) is 0. The molecule has 1 aromatic heterocycles. The van der Waals surface area contributed by atoms with Crippen LogP contribution in [0.5, 0.6) is 5.75 Å². The Balaban J connectivity index is 1.74. The maximum absolute atomic E-state index is 13.7. The second-order valence-electron chi connectivity index (χ2n) is 7.79. The Bertz CT molecular complexity index is 1240. The van der Waals surface area contributed by atoms with Crippen molar-refractivity contribution in [1.29, 1.82) is 0 Å². The molecule has 0 saturated carbocycles. The molecular formula is C26H23N3O2. The van der Waals surface area contributed by atoms with Crippen molar-refractivity contribution < 1.29 is 9.53 Å². The normalized spacial score (nSPS) is 15.3. The summed E-state index contributed by atoms with van der Waals surface area (Å²) in [6.45, 7) is 2.07. The van der Waals surface area contributed by atoms with Crippen LogP contribution in [0.15, 0.2) is 78.9 Å². The molecule has 0 spiro atoms. The number of carbonyl (C=O) groups is 1. The van der Waals surface area contributed by atoms with Crippen molar-refractivity contribution in [2.24, 2.45) is 7.05 Å². The van der Waals surface area contributed by atoms with Crippen LogP contribution >= 0.6 is 0 Å². The molecule has 4 aromatic rings. The van der Waals surface area contributed by atoms with Crippen LogP contribution in [0.25, 0.3) is 11.3 Å². The molecule has 0 bridgehead atoms. The molecule has 0 saturated heterocycles. The number of amides is 1. The average Bonchev–Trinajstić information content (AvgIpc) is 3.30. The largest absolute Gasteiger partial charge is 0.497 e. The number of rotatable bonds is 4. The van der Waals surface area contributed by atoms with E-state index in [1.165, 1.54) is 5.56 Å². The van der Waals surface area contributed by atoms with Crippen molar-refractivity contribution in [3.05, 3.63) is 101 Å². The third kappa shape index (κ3) is 3.10. The summed E-state index contributed by atoms with van der Waals surface area (Å²) in [5.41, 5.74) is 6.47. The molecule has 31 heavy (non-hydrogen) atoms. The molecule has 1 aliphatic rings. The summed E-state index contributed by atoms with van der Waals surface area (Å²) >= 11 is 0. The van der Waals surface area contributed by atoms with Crippen molar-refractivity contribution in [2.45, 2.75) is 13.0 Å². The molecule has 1 unspecified atom stereocenters. The first-order valence-corrected chi connectivity index (χ1v) is 10.2. The summed E-state index contributed by atoms with van der Waals surface area (Å²) in [6.07, 6.45) is 0. The van der Waals surface area contributed by atoms with Gasteiger partial charge in [0.05, 0.1) is 18.8 Å². The maximum Gasteiger partial charge on any atom is 0.277 e. The lowest BCUT2D eigenvalue weighted by molar-refractivity contribution is 0.0985. The molecule has 5 nitrogen and oxygen atoms in total. The van der Waals surface area contributed by atoms with Crippen LogP contribution in [-0.2, 0) is 7.05 Å². The number of hydrogen-bond acceptors (Lipinski definition) is 3. The number of nitrogens with zero attached hydrogens (tertiary/aromatic N) is 3. The number of aromatic nitrogens is 2. The van der Waals surface area contributed by atoms with E-state index in [4.69, 9.17) is 9.84 Å². The predicted octanol–water partition coefficient (Wildman–Crippen LogP) is 5.15. The highest BCUT2D eigenvalue weighted by molar-refractivity contribution is 6.12. The minimum absolute atomic E-state index is 0.0528. The van der Waals surface area contributed by atoms with E-state index in [0.29, 0.717) is 5.69 Å². The summed E-state index contributed by atoms with van der Waals surface area (Å²) in [6, 6.07) is 25.8. The number of anilines is 1. The van der Waals surface area contributed by atoms with E-state index in [-0.39, 0.29) is 11.9 Å². The number of fused-ring (bicyclic) bond motifs is 1. The van der Waals surface area contributed by atoms with Gasteiger partial charge in [-0.3, -0.25) is 14.4 Å². The molecule has 1 aliphatic heterocycles. The van der Waals surface area contributed by atoms with Crippen LogP contribution in [0, 0.1) is 6.92 Å². The molecule has 5 rings (SSSR count). The second-order valence-corrected chi connectivity index (χ2v) is 7.79. The Morgan fingerprint density at radius 3 is 2.23 bits per heavy atom. The van der Waals surface area contributed by atoms with Gasteiger partial charge in [-0.05, 0) is 36.8 Å². The number of ether oxygens (including phenoxy) is 1. The van der Waals surface area contributed by atoms with Crippen molar-refractivity contribution in [2.75, 3.05) is 12.0 Å². The van der Waals surface area contributed by atoms with Crippen LogP contribution in [0.3, 0.4) is 0 Å². The van der Waals surface area contributed by atoms with E-state index in [1.54, 1.807) is 11.8 Å². The fourth-order valence-corrected chi connectivity index (χ4v) is 4.30. The molecular weight excluding hydrogens is 386 g/mol. The average molecular weight is 409 g/mol. The highest BCUT2D eigenvalue weighted by Gasteiger charge is 2.44. The summed E-state index contributed by atoms with van der Waals surface area (Å²) in [5.74, 6) is 0.703. The third-order valence-corrected chi connectivity index (χ3v) is 5.83. The number of carbonyl (C=O) groups excluding carboxylic acids is 1. The van der Waals surface area contributed by atoms with Gasteiger partial charge in [-0.25, -0.2) is 0 Å². The van der Waals surface area contributed by atoms with Gasteiger partial charge in [-0.2, -0.15) is 5.10 Å². The van der Waals surface area contributed by atoms with Gasteiger partial charge in [-0.15, -0.1) is 0 Å². The Labute approximate surface area is 181 Å². The van der Waals surface area contributed by atoms with Crippen LogP contribution in [0.2, 0.25) is 0 Å². The van der Waals surface area contributed by atoms with Crippen molar-refractivity contribution >= 4 is 11.6 Å². The highest BCUT2D eigenvalue weighted by Crippen LogP contribution is 2.45. The first-order valence-electron chi connectivity index (χ1n) is 10.2. The van der Waals surface area contributed by atoms with Crippen molar-refractivity contribution in [3.63, 3.8) is 0 Å². The predicted molar refractivity (Wildman–Crippen MR) is 121 cm³/mol. The quantitative estimate of drug-likeness (QED) is 0.468. The number of methoxy groups -OCH3 is 1. The number of aryl methyl sites for hydroxylation is 2. The Morgan fingerprint density at radius 1 is 0.903 bits per heavy atom. The van der Waals surface area contributed by atoms with Gasteiger partial charge in [-0.1, -0.05) is 60.2 Å². The van der Waals surface area contributed by atoms with E-state index in [0.717, 1.165) is 33.8 Å². The molecule has 154 valence electrons. The number of benzene rings is 3. The Morgan fingerprint density at radius 2 is 1.58 bits per heavy atom. The van der Waals surface area contributed by atoms with E-state index in [1.807, 2.05) is 66.5 Å². The SMILES string of the molecule is COc1ccc(N2C(=O)c3c(c(-c4ccccc4)nn3C)C2c2ccc(C)cc2)cc1. The molecule has 0 aliphatic carbocycles. The molecule has 2 heterocycles. The van der Waals surface area contributed by atoms with Gasteiger partial charge in [0.25, 0.3) is 5.91 Å². The van der Waals surface area contributed by atoms with Crippen molar-refractivity contribution in [3.8, 4) is 17.0 Å². The lowest BCUT2D eigenvalue weighted by atomic mass is 9.95. The van der Waals surface area contributed by atoms with Crippen molar-refractivity contribution in [1.82, 2.24) is 9.78 Å². The van der Waals surface area contributed by atoms with Gasteiger partial charge in [0.1, 0.15) is 11.4 Å². The van der Waals surface area contributed by atoms with Crippen LogP contribution in [0.1, 0.15) is 33.2 Å². The van der Waals surface area contributed by atoms with E-state index >= 15 is 0 Å². The van der Waals surface area contributed by atoms with E-state index < -0.39 is 0 Å². The fourth-order valence-electron chi connectivity index (χ4n) is 4.30. The molecule has 3 aromatic carbocycles. The first-order chi connectivity index (χ1) is 15.1. The molecule has 0 N–H and O–H groups in total. The minimum Gasteiger partial charge on any atom is -0.497 e. The van der Waals surface area contributed by atoms with Crippen LogP contribution in [-0.4, -0.2) is 22.8 Å². The zero-order valence-corrected chi connectivity index (χ0v) is 17.7. The molecule has 0 fully saturated rings. The summed E-state index contributed by atoms with van der Waals surface area (Å²) in [5, 5.41) is 4.75. The lowest BCUT2D eigenvalue weighted by Gasteiger charge is -2.27. The fraction of sp³-hybridized carbons (Fsp3) is 0.154. The molecule has 1 amide bonds. The van der Waals surface area contributed by atoms with Gasteiger partial charge >= 0.3 is 0 Å². The molecule has 5 heteroatoms. The Kier molecular flexibility index (Phi) is 4.59.